The highest BCUT2D eigenvalue weighted by Crippen LogP contribution is 2.32. The van der Waals surface area contributed by atoms with Crippen molar-refractivity contribution in [1.82, 2.24) is 4.98 Å². The Bertz CT molecular complexity index is 327. The number of unbranched alkanes of at least 4 members (excludes halogenated alkanes) is 1. The zero-order chi connectivity index (χ0) is 10.7. The molecule has 15 heavy (non-hydrogen) atoms. The summed E-state index contributed by atoms with van der Waals surface area (Å²) in [6.07, 6.45) is 6.40. The molecule has 0 amide bonds. The van der Waals surface area contributed by atoms with Crippen LogP contribution in [-0.2, 0) is 0 Å². The van der Waals surface area contributed by atoms with E-state index in [2.05, 4.69) is 11.9 Å². The van der Waals surface area contributed by atoms with Crippen LogP contribution in [0.5, 0.6) is 5.88 Å². The van der Waals surface area contributed by atoms with Gasteiger partial charge in [-0.3, -0.25) is 0 Å². The summed E-state index contributed by atoms with van der Waals surface area (Å²) < 4.78 is 5.81. The molecule has 0 fully saturated rings. The van der Waals surface area contributed by atoms with Crippen molar-refractivity contribution in [2.24, 2.45) is 5.73 Å². The quantitative estimate of drug-likeness (QED) is 0.826. The van der Waals surface area contributed by atoms with E-state index in [0.717, 1.165) is 24.3 Å². The number of fused-ring (bicyclic) bond motifs is 1. The van der Waals surface area contributed by atoms with Crippen molar-refractivity contribution >= 4 is 0 Å². The van der Waals surface area contributed by atoms with Crippen molar-refractivity contribution in [3.05, 3.63) is 23.9 Å². The van der Waals surface area contributed by atoms with Gasteiger partial charge in [0, 0.05) is 24.2 Å². The number of ether oxygens (including phenoxy) is 1. The molecule has 0 spiro atoms. The van der Waals surface area contributed by atoms with E-state index in [4.69, 9.17) is 10.5 Å². The average molecular weight is 206 g/mol. The zero-order valence-corrected chi connectivity index (χ0v) is 9.15. The van der Waals surface area contributed by atoms with Crippen LogP contribution in [0.25, 0.3) is 0 Å². The van der Waals surface area contributed by atoms with Gasteiger partial charge in [0.05, 0.1) is 0 Å². The Labute approximate surface area is 90.7 Å². The second-order valence-electron chi connectivity index (χ2n) is 4.12. The molecule has 1 aliphatic heterocycles. The lowest BCUT2D eigenvalue weighted by molar-refractivity contribution is 0.140. The van der Waals surface area contributed by atoms with E-state index in [9.17, 15) is 0 Å². The van der Waals surface area contributed by atoms with Gasteiger partial charge in [-0.15, -0.1) is 0 Å². The summed E-state index contributed by atoms with van der Waals surface area (Å²) >= 11 is 0. The normalized spacial score (nSPS) is 24.4. The monoisotopic (exact) mass is 206 g/mol. The van der Waals surface area contributed by atoms with Crippen LogP contribution < -0.4 is 10.5 Å². The lowest BCUT2D eigenvalue weighted by atomic mass is 9.97. The molecule has 3 heteroatoms. The fourth-order valence-electron chi connectivity index (χ4n) is 2.01. The molecule has 0 aromatic carbocycles. The zero-order valence-electron chi connectivity index (χ0n) is 9.15. The summed E-state index contributed by atoms with van der Waals surface area (Å²) in [6.45, 7) is 2.19. The molecular formula is C12H18N2O. The van der Waals surface area contributed by atoms with Crippen molar-refractivity contribution in [2.75, 3.05) is 0 Å². The fraction of sp³-hybridized carbons (Fsp3) is 0.583. The minimum absolute atomic E-state index is 0.0873. The predicted octanol–water partition coefficient (Wildman–Crippen LogP) is 2.42. The number of pyridine rings is 1. The number of aromatic nitrogens is 1. The molecule has 0 saturated heterocycles. The Kier molecular flexibility index (Phi) is 3.21. The van der Waals surface area contributed by atoms with Gasteiger partial charge in [0.1, 0.15) is 6.10 Å². The van der Waals surface area contributed by atoms with Crippen LogP contribution in [0.4, 0.5) is 0 Å². The minimum Gasteiger partial charge on any atom is -0.474 e. The smallest absolute Gasteiger partial charge is 0.218 e. The van der Waals surface area contributed by atoms with Crippen molar-refractivity contribution in [3.63, 3.8) is 0 Å². The van der Waals surface area contributed by atoms with Gasteiger partial charge in [0.15, 0.2) is 0 Å². The predicted molar refractivity (Wildman–Crippen MR) is 59.7 cm³/mol. The molecular weight excluding hydrogens is 188 g/mol. The maximum Gasteiger partial charge on any atom is 0.218 e. The summed E-state index contributed by atoms with van der Waals surface area (Å²) in [5, 5.41) is 0. The van der Waals surface area contributed by atoms with Gasteiger partial charge < -0.3 is 10.5 Å². The molecule has 3 nitrogen and oxygen atoms in total. The van der Waals surface area contributed by atoms with E-state index in [-0.39, 0.29) is 12.1 Å². The first kappa shape index (κ1) is 10.4. The highest BCUT2D eigenvalue weighted by Gasteiger charge is 2.25. The number of nitrogens with zero attached hydrogens (tertiary/aromatic N) is 1. The van der Waals surface area contributed by atoms with E-state index in [1.165, 1.54) is 12.8 Å². The summed E-state index contributed by atoms with van der Waals surface area (Å²) in [7, 11) is 0. The SMILES string of the molecule is CCCCC1CC(N)c2cccnc2O1. The molecule has 1 aliphatic rings. The summed E-state index contributed by atoms with van der Waals surface area (Å²) in [5.41, 5.74) is 7.14. The Morgan fingerprint density at radius 1 is 1.60 bits per heavy atom. The summed E-state index contributed by atoms with van der Waals surface area (Å²) in [5.74, 6) is 0.734. The van der Waals surface area contributed by atoms with E-state index >= 15 is 0 Å². The Morgan fingerprint density at radius 2 is 2.47 bits per heavy atom. The average Bonchev–Trinajstić information content (AvgIpc) is 2.26. The highest BCUT2D eigenvalue weighted by atomic mass is 16.5. The van der Waals surface area contributed by atoms with Crippen LogP contribution in [-0.4, -0.2) is 11.1 Å². The van der Waals surface area contributed by atoms with Gasteiger partial charge in [-0.1, -0.05) is 25.8 Å². The molecule has 82 valence electrons. The number of hydrogen-bond donors (Lipinski definition) is 1. The Morgan fingerprint density at radius 3 is 3.27 bits per heavy atom. The van der Waals surface area contributed by atoms with Crippen LogP contribution in [0.1, 0.15) is 44.2 Å². The molecule has 0 saturated carbocycles. The molecule has 0 bridgehead atoms. The number of nitrogens with two attached hydrogens (primary N) is 1. The van der Waals surface area contributed by atoms with E-state index in [1.54, 1.807) is 6.20 Å². The van der Waals surface area contributed by atoms with Gasteiger partial charge in [0.2, 0.25) is 5.88 Å². The molecule has 2 N–H and O–H groups in total. The van der Waals surface area contributed by atoms with Gasteiger partial charge in [-0.2, -0.15) is 0 Å². The minimum atomic E-state index is 0.0873. The van der Waals surface area contributed by atoms with Crippen molar-refractivity contribution in [2.45, 2.75) is 44.8 Å². The molecule has 0 radical (unpaired) electrons. The fourth-order valence-corrected chi connectivity index (χ4v) is 2.01. The van der Waals surface area contributed by atoms with Crippen LogP contribution in [0, 0.1) is 0 Å². The van der Waals surface area contributed by atoms with Crippen molar-refractivity contribution < 1.29 is 4.74 Å². The third kappa shape index (κ3) is 2.29. The van der Waals surface area contributed by atoms with Crippen molar-refractivity contribution in [1.29, 1.82) is 0 Å². The summed E-state index contributed by atoms with van der Waals surface area (Å²) in [4.78, 5) is 4.23. The van der Waals surface area contributed by atoms with Gasteiger partial charge in [-0.05, 0) is 12.5 Å². The Hall–Kier alpha value is -1.09. The van der Waals surface area contributed by atoms with Crippen molar-refractivity contribution in [3.8, 4) is 5.88 Å². The van der Waals surface area contributed by atoms with E-state index < -0.39 is 0 Å². The van der Waals surface area contributed by atoms with E-state index in [1.807, 2.05) is 12.1 Å². The van der Waals surface area contributed by atoms with E-state index in [0.29, 0.717) is 0 Å². The third-order valence-electron chi connectivity index (χ3n) is 2.87. The highest BCUT2D eigenvalue weighted by molar-refractivity contribution is 5.30. The second kappa shape index (κ2) is 4.62. The van der Waals surface area contributed by atoms with Crippen LogP contribution in [0.15, 0.2) is 18.3 Å². The molecule has 2 rings (SSSR count). The lowest BCUT2D eigenvalue weighted by Gasteiger charge is -2.29. The first-order valence-corrected chi connectivity index (χ1v) is 5.68. The molecule has 2 heterocycles. The lowest BCUT2D eigenvalue weighted by Crippen LogP contribution is -2.30. The Balaban J connectivity index is 2.08. The molecule has 2 atom stereocenters. The molecule has 0 aliphatic carbocycles. The van der Waals surface area contributed by atoms with Crippen LogP contribution >= 0.6 is 0 Å². The molecule has 1 aromatic rings. The molecule has 2 unspecified atom stereocenters. The first-order valence-electron chi connectivity index (χ1n) is 5.68. The molecule has 1 aromatic heterocycles. The maximum atomic E-state index is 6.09. The largest absolute Gasteiger partial charge is 0.474 e. The second-order valence-corrected chi connectivity index (χ2v) is 4.12. The van der Waals surface area contributed by atoms with Crippen LogP contribution in [0.2, 0.25) is 0 Å². The van der Waals surface area contributed by atoms with Crippen LogP contribution in [0.3, 0.4) is 0 Å². The van der Waals surface area contributed by atoms with Gasteiger partial charge in [0.25, 0.3) is 0 Å². The summed E-state index contributed by atoms with van der Waals surface area (Å²) in [6, 6.07) is 4.00. The van der Waals surface area contributed by atoms with Gasteiger partial charge in [-0.25, -0.2) is 4.98 Å². The third-order valence-corrected chi connectivity index (χ3v) is 2.87. The standard InChI is InChI=1S/C12H18N2O/c1-2-3-5-9-8-11(13)10-6-4-7-14-12(10)15-9/h4,6-7,9,11H,2-3,5,8,13H2,1H3. The van der Waals surface area contributed by atoms with Gasteiger partial charge >= 0.3 is 0 Å². The first-order chi connectivity index (χ1) is 7.31. The number of hydrogen-bond acceptors (Lipinski definition) is 3. The maximum absolute atomic E-state index is 6.09. The number of rotatable bonds is 3. The topological polar surface area (TPSA) is 48.1 Å².